The number of hydrogen-bond acceptors (Lipinski definition) is 4. The fourth-order valence-electron chi connectivity index (χ4n) is 1.89. The maximum absolute atomic E-state index is 6.21. The summed E-state index contributed by atoms with van der Waals surface area (Å²) in [6.07, 6.45) is 6.43. The molecule has 3 aromatic heterocycles. The maximum Gasteiger partial charge on any atom is 0.193 e. The first-order valence-electron chi connectivity index (χ1n) is 5.61. The molecule has 3 heterocycles. The van der Waals surface area contributed by atoms with Crippen LogP contribution in [0.4, 0.5) is 0 Å². The van der Waals surface area contributed by atoms with Crippen LogP contribution in [-0.4, -0.2) is 14.4 Å². The fourth-order valence-corrected chi connectivity index (χ4v) is 3.89. The molecule has 3 rings (SSSR count). The molecule has 4 nitrogen and oxygen atoms in total. The zero-order valence-electron chi connectivity index (χ0n) is 9.75. The summed E-state index contributed by atoms with van der Waals surface area (Å²) in [5.74, 6) is 0. The minimum Gasteiger partial charge on any atom is -0.322 e. The van der Waals surface area contributed by atoms with E-state index in [1.54, 1.807) is 17.5 Å². The molecule has 1 atom stereocenters. The molecule has 19 heavy (non-hydrogen) atoms. The predicted octanol–water partition coefficient (Wildman–Crippen LogP) is 3.56. The van der Waals surface area contributed by atoms with Gasteiger partial charge in [0.2, 0.25) is 0 Å². The van der Waals surface area contributed by atoms with Gasteiger partial charge in [-0.25, -0.2) is 4.98 Å². The number of nitrogens with zero attached hydrogens (tertiary/aromatic N) is 3. The number of nitrogens with two attached hydrogens (primary N) is 1. The zero-order valence-corrected chi connectivity index (χ0v) is 13.7. The molecule has 1 unspecified atom stereocenters. The van der Waals surface area contributed by atoms with Gasteiger partial charge in [-0.2, -0.15) is 0 Å². The second-order valence-corrected chi connectivity index (χ2v) is 6.80. The summed E-state index contributed by atoms with van der Waals surface area (Å²) in [6, 6.07) is 1.78. The molecule has 0 aliphatic carbocycles. The van der Waals surface area contributed by atoms with Crippen LogP contribution in [0.2, 0.25) is 0 Å². The van der Waals surface area contributed by atoms with Gasteiger partial charge in [-0.15, -0.1) is 11.3 Å². The first kappa shape index (κ1) is 13.2. The van der Waals surface area contributed by atoms with Crippen LogP contribution in [0.5, 0.6) is 0 Å². The van der Waals surface area contributed by atoms with Crippen LogP contribution in [-0.2, 0) is 6.42 Å². The fraction of sp³-hybridized carbons (Fsp3) is 0.167. The van der Waals surface area contributed by atoms with Crippen molar-refractivity contribution in [1.82, 2.24) is 14.4 Å². The van der Waals surface area contributed by atoms with Gasteiger partial charge in [0.25, 0.3) is 0 Å². The quantitative estimate of drug-likeness (QED) is 0.729. The van der Waals surface area contributed by atoms with Crippen LogP contribution in [0.3, 0.4) is 0 Å². The maximum atomic E-state index is 6.21. The van der Waals surface area contributed by atoms with Gasteiger partial charge in [0, 0.05) is 39.3 Å². The largest absolute Gasteiger partial charge is 0.322 e. The van der Waals surface area contributed by atoms with Crippen molar-refractivity contribution in [1.29, 1.82) is 0 Å². The number of imidazole rings is 1. The molecule has 0 amide bonds. The molecule has 0 aliphatic heterocycles. The van der Waals surface area contributed by atoms with Gasteiger partial charge in [-0.3, -0.25) is 9.38 Å². The highest BCUT2D eigenvalue weighted by atomic mass is 79.9. The minimum atomic E-state index is -0.174. The molecule has 0 radical (unpaired) electrons. The third-order valence-electron chi connectivity index (χ3n) is 2.76. The van der Waals surface area contributed by atoms with Crippen molar-refractivity contribution in [2.45, 2.75) is 12.5 Å². The number of rotatable bonds is 3. The van der Waals surface area contributed by atoms with Crippen molar-refractivity contribution in [3.8, 4) is 0 Å². The van der Waals surface area contributed by atoms with Gasteiger partial charge in [0.1, 0.15) is 0 Å². The van der Waals surface area contributed by atoms with Crippen LogP contribution in [0, 0.1) is 0 Å². The highest BCUT2D eigenvalue weighted by Gasteiger charge is 2.14. The number of hydrogen-bond donors (Lipinski definition) is 1. The Bertz CT molecular complexity index is 693. The Balaban J connectivity index is 1.84. The summed E-state index contributed by atoms with van der Waals surface area (Å²) >= 11 is 8.49. The molecule has 0 bridgehead atoms. The summed E-state index contributed by atoms with van der Waals surface area (Å²) in [4.78, 5) is 9.89. The van der Waals surface area contributed by atoms with Crippen LogP contribution in [0.15, 0.2) is 39.0 Å². The molecule has 98 valence electrons. The third-order valence-corrected chi connectivity index (χ3v) is 4.60. The summed E-state index contributed by atoms with van der Waals surface area (Å²) in [5.41, 5.74) is 8.04. The lowest BCUT2D eigenvalue weighted by Crippen LogP contribution is -2.15. The van der Waals surface area contributed by atoms with E-state index < -0.39 is 0 Å². The number of pyridine rings is 1. The third kappa shape index (κ3) is 2.74. The highest BCUT2D eigenvalue weighted by Crippen LogP contribution is 2.25. The van der Waals surface area contributed by atoms with Crippen molar-refractivity contribution in [2.24, 2.45) is 5.73 Å². The molecular weight excluding hydrogens is 392 g/mol. The number of halogens is 2. The van der Waals surface area contributed by atoms with E-state index in [0.717, 1.165) is 25.3 Å². The molecule has 0 aliphatic rings. The van der Waals surface area contributed by atoms with Crippen LogP contribution in [0.25, 0.3) is 4.96 Å². The minimum absolute atomic E-state index is 0.174. The Morgan fingerprint density at radius 3 is 3.00 bits per heavy atom. The van der Waals surface area contributed by atoms with E-state index in [2.05, 4.69) is 41.8 Å². The van der Waals surface area contributed by atoms with E-state index in [0.29, 0.717) is 6.42 Å². The highest BCUT2D eigenvalue weighted by molar-refractivity contribution is 9.11. The predicted molar refractivity (Wildman–Crippen MR) is 83.3 cm³/mol. The second-order valence-electron chi connectivity index (χ2n) is 4.16. The van der Waals surface area contributed by atoms with Crippen LogP contribution in [0.1, 0.15) is 17.4 Å². The van der Waals surface area contributed by atoms with Gasteiger partial charge >= 0.3 is 0 Å². The topological polar surface area (TPSA) is 56.2 Å². The number of thiazole rings is 1. The van der Waals surface area contributed by atoms with Gasteiger partial charge in [0.15, 0.2) is 4.96 Å². The monoisotopic (exact) mass is 400 g/mol. The normalized spacial score (nSPS) is 13.0. The smallest absolute Gasteiger partial charge is 0.193 e. The van der Waals surface area contributed by atoms with Crippen molar-refractivity contribution in [3.05, 3.63) is 50.4 Å². The van der Waals surface area contributed by atoms with Crippen molar-refractivity contribution < 1.29 is 0 Å². The molecule has 7 heteroatoms. The summed E-state index contributed by atoms with van der Waals surface area (Å²) in [5, 5.41) is 2.01. The van der Waals surface area contributed by atoms with E-state index in [1.807, 2.05) is 28.2 Å². The van der Waals surface area contributed by atoms with Crippen LogP contribution >= 0.6 is 43.2 Å². The molecule has 0 aromatic carbocycles. The van der Waals surface area contributed by atoms with Crippen molar-refractivity contribution in [3.63, 3.8) is 0 Å². The molecule has 2 N–H and O–H groups in total. The SMILES string of the molecule is NC(Cc1cn2ccsc2n1)c1ncc(Br)cc1Br. The summed E-state index contributed by atoms with van der Waals surface area (Å²) in [6.45, 7) is 0. The molecule has 0 fully saturated rings. The zero-order chi connectivity index (χ0) is 13.4. The standard InChI is InChI=1S/C12H10Br2N4S/c13-7-3-9(14)11(16-5-7)10(15)4-8-6-18-1-2-19-12(18)17-8/h1-3,5-6,10H,4,15H2. The van der Waals surface area contributed by atoms with Gasteiger partial charge in [-0.1, -0.05) is 0 Å². The Morgan fingerprint density at radius 2 is 2.26 bits per heavy atom. The van der Waals surface area contributed by atoms with E-state index in [-0.39, 0.29) is 6.04 Å². The lowest BCUT2D eigenvalue weighted by atomic mass is 10.1. The Labute approximate surface area is 130 Å². The van der Waals surface area contributed by atoms with Crippen molar-refractivity contribution >= 4 is 48.2 Å². The average Bonchev–Trinajstić information content (AvgIpc) is 2.89. The molecule has 0 saturated heterocycles. The Kier molecular flexibility index (Phi) is 3.70. The first-order chi connectivity index (χ1) is 9.13. The first-order valence-corrected chi connectivity index (χ1v) is 8.07. The lowest BCUT2D eigenvalue weighted by Gasteiger charge is -2.11. The van der Waals surface area contributed by atoms with E-state index in [4.69, 9.17) is 5.73 Å². The Hall–Kier alpha value is -0.760. The van der Waals surface area contributed by atoms with E-state index in [1.165, 1.54) is 0 Å². The molecule has 0 spiro atoms. The molecule has 3 aromatic rings. The summed E-state index contributed by atoms with van der Waals surface area (Å²) in [7, 11) is 0. The number of fused-ring (bicyclic) bond motifs is 1. The van der Waals surface area contributed by atoms with Gasteiger partial charge in [0.05, 0.1) is 17.4 Å². The van der Waals surface area contributed by atoms with Gasteiger partial charge < -0.3 is 5.73 Å². The van der Waals surface area contributed by atoms with E-state index >= 15 is 0 Å². The average molecular weight is 402 g/mol. The number of aromatic nitrogens is 3. The van der Waals surface area contributed by atoms with Gasteiger partial charge in [-0.05, 0) is 37.9 Å². The van der Waals surface area contributed by atoms with Crippen LogP contribution < -0.4 is 5.73 Å². The molecular formula is C12H10Br2N4S. The second kappa shape index (κ2) is 5.32. The summed E-state index contributed by atoms with van der Waals surface area (Å²) < 4.78 is 3.85. The molecule has 0 saturated carbocycles. The lowest BCUT2D eigenvalue weighted by molar-refractivity contribution is 0.682. The van der Waals surface area contributed by atoms with E-state index in [9.17, 15) is 0 Å². The van der Waals surface area contributed by atoms with Crippen molar-refractivity contribution in [2.75, 3.05) is 0 Å². The Morgan fingerprint density at radius 1 is 1.42 bits per heavy atom.